The van der Waals surface area contributed by atoms with Gasteiger partial charge in [0.05, 0.1) is 31.6 Å². The van der Waals surface area contributed by atoms with E-state index in [1.807, 2.05) is 30.3 Å². The standard InChI is InChI=1S/C28H28F3N5O3/c1-18-24(20-8-10-21(39-2)11-9-20)33-26-22(16-32-36(26)25(18)28(29,30)31)27(38)35-14-12-34(13-15-35)23(17-37)19-6-4-3-5-7-19/h3-11,16,23,37H,12-15,17H2,1-2H3/t23-/m0/s1. The summed E-state index contributed by atoms with van der Waals surface area (Å²) in [6.45, 7) is 2.99. The van der Waals surface area contributed by atoms with Crippen molar-refractivity contribution in [2.75, 3.05) is 39.9 Å². The lowest BCUT2D eigenvalue weighted by Gasteiger charge is -2.38. The Kier molecular flexibility index (Phi) is 7.28. The Labute approximate surface area is 223 Å². The van der Waals surface area contributed by atoms with Crippen LogP contribution in [-0.4, -0.2) is 75.3 Å². The predicted molar refractivity (Wildman–Crippen MR) is 138 cm³/mol. The molecule has 2 aromatic carbocycles. The average molecular weight is 540 g/mol. The Bertz CT molecular complexity index is 1460. The Morgan fingerprint density at radius 2 is 1.72 bits per heavy atom. The summed E-state index contributed by atoms with van der Waals surface area (Å²) < 4.78 is 48.5. The minimum Gasteiger partial charge on any atom is -0.497 e. The van der Waals surface area contributed by atoms with Gasteiger partial charge < -0.3 is 14.7 Å². The number of benzene rings is 2. The van der Waals surface area contributed by atoms with E-state index < -0.39 is 17.8 Å². The molecule has 1 aliphatic rings. The molecule has 0 spiro atoms. The zero-order valence-electron chi connectivity index (χ0n) is 21.5. The third kappa shape index (κ3) is 5.07. The largest absolute Gasteiger partial charge is 0.497 e. The zero-order chi connectivity index (χ0) is 27.7. The van der Waals surface area contributed by atoms with Gasteiger partial charge in [0.2, 0.25) is 0 Å². The second kappa shape index (κ2) is 10.7. The van der Waals surface area contributed by atoms with Gasteiger partial charge in [-0.3, -0.25) is 9.69 Å². The van der Waals surface area contributed by atoms with E-state index in [1.54, 1.807) is 29.2 Å². The maximum atomic E-state index is 14.2. The lowest BCUT2D eigenvalue weighted by Crippen LogP contribution is -2.50. The smallest absolute Gasteiger partial charge is 0.433 e. The minimum atomic E-state index is -4.72. The summed E-state index contributed by atoms with van der Waals surface area (Å²) in [6, 6.07) is 16.0. The van der Waals surface area contributed by atoms with Gasteiger partial charge in [0.15, 0.2) is 11.3 Å². The Morgan fingerprint density at radius 1 is 1.05 bits per heavy atom. The maximum Gasteiger partial charge on any atom is 0.433 e. The van der Waals surface area contributed by atoms with Gasteiger partial charge in [-0.25, -0.2) is 9.50 Å². The van der Waals surface area contributed by atoms with Gasteiger partial charge in [-0.2, -0.15) is 18.3 Å². The van der Waals surface area contributed by atoms with E-state index in [1.165, 1.54) is 14.0 Å². The number of piperazine rings is 1. The van der Waals surface area contributed by atoms with Crippen molar-refractivity contribution in [2.45, 2.75) is 19.1 Å². The third-order valence-corrected chi connectivity index (χ3v) is 7.15. The highest BCUT2D eigenvalue weighted by atomic mass is 19.4. The highest BCUT2D eigenvalue weighted by Crippen LogP contribution is 2.37. The van der Waals surface area contributed by atoms with Crippen molar-refractivity contribution in [1.29, 1.82) is 0 Å². The number of rotatable bonds is 6. The number of hydrogen-bond donors (Lipinski definition) is 1. The second-order valence-corrected chi connectivity index (χ2v) is 9.39. The maximum absolute atomic E-state index is 14.2. The topological polar surface area (TPSA) is 83.2 Å². The van der Waals surface area contributed by atoms with Crippen molar-refractivity contribution in [2.24, 2.45) is 0 Å². The molecule has 1 fully saturated rings. The molecule has 0 aliphatic carbocycles. The molecule has 0 unspecified atom stereocenters. The SMILES string of the molecule is COc1ccc(-c2nc3c(C(=O)N4CCN([C@@H](CO)c5ccccc5)CC4)cnn3c(C(F)(F)F)c2C)cc1. The van der Waals surface area contributed by atoms with Gasteiger partial charge in [0.1, 0.15) is 11.3 Å². The predicted octanol–water partition coefficient (Wildman–Crippen LogP) is 4.22. The van der Waals surface area contributed by atoms with Gasteiger partial charge >= 0.3 is 6.18 Å². The van der Waals surface area contributed by atoms with E-state index in [9.17, 15) is 23.1 Å². The van der Waals surface area contributed by atoms with E-state index in [2.05, 4.69) is 15.0 Å². The molecule has 0 bridgehead atoms. The molecule has 3 heterocycles. The molecular formula is C28H28F3N5O3. The molecule has 2 aromatic heterocycles. The van der Waals surface area contributed by atoms with Crippen molar-refractivity contribution in [3.63, 3.8) is 0 Å². The summed E-state index contributed by atoms with van der Waals surface area (Å²) in [5.74, 6) is 0.124. The van der Waals surface area contributed by atoms with E-state index in [0.717, 1.165) is 11.8 Å². The minimum absolute atomic E-state index is 0.00507. The number of ether oxygens (including phenoxy) is 1. The molecule has 0 radical (unpaired) electrons. The summed E-state index contributed by atoms with van der Waals surface area (Å²) in [6.07, 6.45) is -3.56. The first-order valence-electron chi connectivity index (χ1n) is 12.5. The van der Waals surface area contributed by atoms with Crippen LogP contribution in [0.4, 0.5) is 13.2 Å². The molecule has 1 aliphatic heterocycles. The van der Waals surface area contributed by atoms with Crippen LogP contribution < -0.4 is 4.74 Å². The first-order valence-corrected chi connectivity index (χ1v) is 12.5. The number of amides is 1. The normalized spacial score (nSPS) is 15.5. The van der Waals surface area contributed by atoms with Crippen LogP contribution >= 0.6 is 0 Å². The quantitative estimate of drug-likeness (QED) is 0.395. The molecule has 39 heavy (non-hydrogen) atoms. The van der Waals surface area contributed by atoms with Crippen LogP contribution in [0, 0.1) is 6.92 Å². The number of nitrogens with zero attached hydrogens (tertiary/aromatic N) is 5. The van der Waals surface area contributed by atoms with Crippen molar-refractivity contribution >= 4 is 11.6 Å². The Morgan fingerprint density at radius 3 is 2.31 bits per heavy atom. The molecular weight excluding hydrogens is 511 g/mol. The number of hydrogen-bond acceptors (Lipinski definition) is 6. The van der Waals surface area contributed by atoms with E-state index in [0.29, 0.717) is 42.0 Å². The van der Waals surface area contributed by atoms with Crippen molar-refractivity contribution in [3.8, 4) is 17.0 Å². The van der Waals surface area contributed by atoms with Gasteiger partial charge in [-0.05, 0) is 36.8 Å². The van der Waals surface area contributed by atoms with Gasteiger partial charge in [0, 0.05) is 37.3 Å². The monoisotopic (exact) mass is 539 g/mol. The van der Waals surface area contributed by atoms with Crippen molar-refractivity contribution in [3.05, 3.63) is 83.2 Å². The van der Waals surface area contributed by atoms with Crippen LogP contribution in [-0.2, 0) is 6.18 Å². The molecule has 1 atom stereocenters. The van der Waals surface area contributed by atoms with Crippen LogP contribution in [0.2, 0.25) is 0 Å². The summed E-state index contributed by atoms with van der Waals surface area (Å²) in [5.41, 5.74) is 0.348. The third-order valence-electron chi connectivity index (χ3n) is 7.15. The fourth-order valence-corrected chi connectivity index (χ4v) is 5.10. The Hall–Kier alpha value is -3.96. The molecule has 1 saturated heterocycles. The molecule has 4 aromatic rings. The number of carbonyl (C=O) groups excluding carboxylic acids is 1. The Balaban J connectivity index is 1.46. The number of aliphatic hydroxyl groups is 1. The lowest BCUT2D eigenvalue weighted by molar-refractivity contribution is -0.143. The number of aliphatic hydroxyl groups excluding tert-OH is 1. The summed E-state index contributed by atoms with van der Waals surface area (Å²) in [4.78, 5) is 21.7. The van der Waals surface area contributed by atoms with Gasteiger partial charge in [-0.15, -0.1) is 0 Å². The fourth-order valence-electron chi connectivity index (χ4n) is 5.10. The molecule has 1 amide bonds. The van der Waals surface area contributed by atoms with Crippen LogP contribution in [0.1, 0.15) is 33.2 Å². The molecule has 11 heteroatoms. The molecule has 1 N–H and O–H groups in total. The van der Waals surface area contributed by atoms with E-state index >= 15 is 0 Å². The van der Waals surface area contributed by atoms with Crippen LogP contribution in [0.15, 0.2) is 60.8 Å². The number of methoxy groups -OCH3 is 1. The first kappa shape index (κ1) is 26.6. The van der Waals surface area contributed by atoms with E-state index in [-0.39, 0.29) is 35.1 Å². The van der Waals surface area contributed by atoms with Crippen molar-refractivity contribution < 1.29 is 27.8 Å². The summed E-state index contributed by atoms with van der Waals surface area (Å²) >= 11 is 0. The van der Waals surface area contributed by atoms with Crippen LogP contribution in [0.25, 0.3) is 16.9 Å². The molecule has 0 saturated carbocycles. The first-order chi connectivity index (χ1) is 18.7. The highest BCUT2D eigenvalue weighted by Gasteiger charge is 2.39. The van der Waals surface area contributed by atoms with Gasteiger partial charge in [-0.1, -0.05) is 30.3 Å². The number of carbonyl (C=O) groups is 1. The fraction of sp³-hybridized carbons (Fsp3) is 0.321. The highest BCUT2D eigenvalue weighted by molar-refractivity contribution is 6.00. The van der Waals surface area contributed by atoms with Gasteiger partial charge in [0.25, 0.3) is 5.91 Å². The van der Waals surface area contributed by atoms with Crippen LogP contribution in [0.3, 0.4) is 0 Å². The molecule has 8 nitrogen and oxygen atoms in total. The number of alkyl halides is 3. The second-order valence-electron chi connectivity index (χ2n) is 9.39. The summed E-state index contributed by atoms with van der Waals surface area (Å²) in [7, 11) is 1.50. The molecule has 204 valence electrons. The van der Waals surface area contributed by atoms with Crippen LogP contribution in [0.5, 0.6) is 5.75 Å². The van der Waals surface area contributed by atoms with Crippen molar-refractivity contribution in [1.82, 2.24) is 24.4 Å². The summed E-state index contributed by atoms with van der Waals surface area (Å²) in [5, 5.41) is 13.9. The number of aromatic nitrogens is 3. The molecule has 5 rings (SSSR count). The number of fused-ring (bicyclic) bond motifs is 1. The van der Waals surface area contributed by atoms with E-state index in [4.69, 9.17) is 4.74 Å². The lowest BCUT2D eigenvalue weighted by atomic mass is 10.0. The zero-order valence-corrected chi connectivity index (χ0v) is 21.5. The number of halogens is 3. The average Bonchev–Trinajstić information content (AvgIpc) is 3.36.